The quantitative estimate of drug-likeness (QED) is 0.307. The molecule has 0 aromatic heterocycles. The Bertz CT molecular complexity index is 749. The van der Waals surface area contributed by atoms with E-state index >= 15 is 0 Å². The summed E-state index contributed by atoms with van der Waals surface area (Å²) in [6.07, 6.45) is -42.9. The van der Waals surface area contributed by atoms with Crippen LogP contribution in [0.5, 0.6) is 0 Å². The van der Waals surface area contributed by atoms with Crippen molar-refractivity contribution in [1.29, 1.82) is 0 Å². The molecule has 1 rings (SSSR count). The minimum Gasteiger partial charge on any atom is -0.462 e. The van der Waals surface area contributed by atoms with Gasteiger partial charge >= 0.3 is 36.9 Å². The van der Waals surface area contributed by atoms with Crippen molar-refractivity contribution in [1.82, 2.24) is 0 Å². The van der Waals surface area contributed by atoms with Crippen LogP contribution in [0, 0.1) is 17.3 Å². The van der Waals surface area contributed by atoms with Crippen LogP contribution in [0.3, 0.4) is 0 Å². The van der Waals surface area contributed by atoms with E-state index in [9.17, 15) is 80.9 Å². The van der Waals surface area contributed by atoms with Crippen LogP contribution in [0.15, 0.2) is 0 Å². The van der Waals surface area contributed by atoms with Crippen LogP contribution in [0.4, 0.5) is 65.9 Å². The van der Waals surface area contributed by atoms with Crippen LogP contribution >= 0.6 is 0 Å². The molecule has 0 aromatic carbocycles. The zero-order chi connectivity index (χ0) is 29.8. The summed E-state index contributed by atoms with van der Waals surface area (Å²) >= 11 is 0. The Balaban J connectivity index is 3.76. The molecule has 4 nitrogen and oxygen atoms in total. The standard InChI is InChI=1S/C18H19F15O4/c1-3-11(2,14(19,20)21)10(34)37-9-5-7(12(35,15(22,23)24)16(25,26)27)4-8(6-9)13(36,17(28,29)30)18(31,32)33/h7-9,35-36H,3-6H2,1-2H3. The number of aliphatic hydroxyl groups is 2. The van der Waals surface area contributed by atoms with Gasteiger partial charge in [-0.3, -0.25) is 4.79 Å². The summed E-state index contributed by atoms with van der Waals surface area (Å²) in [5.74, 6) is -9.75. The van der Waals surface area contributed by atoms with E-state index in [-0.39, 0.29) is 6.92 Å². The summed E-state index contributed by atoms with van der Waals surface area (Å²) in [6.45, 7) is 0.899. The molecule has 3 atom stereocenters. The molecule has 0 aromatic rings. The molecule has 1 aliphatic rings. The largest absolute Gasteiger partial charge is 0.462 e. The predicted octanol–water partition coefficient (Wildman–Crippen LogP) is 6.00. The minimum absolute atomic E-state index is 0.163. The number of alkyl halides is 15. The Morgan fingerprint density at radius 1 is 0.649 bits per heavy atom. The fourth-order valence-corrected chi connectivity index (χ4v) is 4.03. The van der Waals surface area contributed by atoms with Gasteiger partial charge in [0.15, 0.2) is 5.41 Å². The first-order valence-corrected chi connectivity index (χ1v) is 10.0. The number of halogens is 15. The highest BCUT2D eigenvalue weighted by Crippen LogP contribution is 2.58. The van der Waals surface area contributed by atoms with Crippen LogP contribution in [-0.4, -0.2) is 64.4 Å². The van der Waals surface area contributed by atoms with Crippen molar-refractivity contribution in [3.8, 4) is 0 Å². The lowest BCUT2D eigenvalue weighted by molar-refractivity contribution is -0.405. The normalized spacial score (nSPS) is 25.0. The molecular weight excluding hydrogens is 565 g/mol. The fourth-order valence-electron chi connectivity index (χ4n) is 4.03. The summed E-state index contributed by atoms with van der Waals surface area (Å²) < 4.78 is 204. The van der Waals surface area contributed by atoms with Crippen molar-refractivity contribution in [2.45, 2.75) is 87.7 Å². The molecule has 0 bridgehead atoms. The second kappa shape index (κ2) is 9.51. The average Bonchev–Trinajstić information content (AvgIpc) is 2.67. The fraction of sp³-hybridized carbons (Fsp3) is 0.944. The van der Waals surface area contributed by atoms with Gasteiger partial charge in [0.2, 0.25) is 0 Å². The van der Waals surface area contributed by atoms with Crippen molar-refractivity contribution in [2.75, 3.05) is 0 Å². The summed E-state index contributed by atoms with van der Waals surface area (Å²) in [5.41, 5.74) is -15.5. The third-order valence-electron chi connectivity index (χ3n) is 6.63. The van der Waals surface area contributed by atoms with Crippen molar-refractivity contribution in [3.63, 3.8) is 0 Å². The first kappa shape index (κ1) is 33.4. The number of ether oxygens (including phenoxy) is 1. The van der Waals surface area contributed by atoms with Crippen molar-refractivity contribution >= 4 is 5.97 Å². The van der Waals surface area contributed by atoms with Gasteiger partial charge in [-0.1, -0.05) is 6.92 Å². The van der Waals surface area contributed by atoms with Gasteiger partial charge in [-0.25, -0.2) is 0 Å². The molecule has 0 radical (unpaired) electrons. The zero-order valence-corrected chi connectivity index (χ0v) is 18.4. The lowest BCUT2D eigenvalue weighted by Gasteiger charge is -2.48. The summed E-state index contributed by atoms with van der Waals surface area (Å²) in [4.78, 5) is 12.2. The van der Waals surface area contributed by atoms with Gasteiger partial charge in [0.25, 0.3) is 11.2 Å². The molecule has 0 aliphatic heterocycles. The van der Waals surface area contributed by atoms with E-state index in [1.807, 2.05) is 0 Å². The minimum atomic E-state index is -6.77. The molecule has 3 unspecified atom stereocenters. The van der Waals surface area contributed by atoms with E-state index in [0.717, 1.165) is 6.92 Å². The number of rotatable bonds is 5. The number of carbonyl (C=O) groups is 1. The second-order valence-corrected chi connectivity index (χ2v) is 8.84. The van der Waals surface area contributed by atoms with Gasteiger partial charge in [0, 0.05) is 11.8 Å². The maximum absolute atomic E-state index is 13.3. The smallest absolute Gasteiger partial charge is 0.426 e. The number of esters is 1. The molecule has 0 amide bonds. The molecule has 1 saturated carbocycles. The van der Waals surface area contributed by atoms with Crippen LogP contribution in [0.1, 0.15) is 39.5 Å². The third kappa shape index (κ3) is 5.56. The summed E-state index contributed by atoms with van der Waals surface area (Å²) in [6, 6.07) is 0. The van der Waals surface area contributed by atoms with Crippen LogP contribution in [-0.2, 0) is 9.53 Å². The van der Waals surface area contributed by atoms with Gasteiger partial charge in [-0.2, -0.15) is 65.9 Å². The van der Waals surface area contributed by atoms with Crippen molar-refractivity contribution in [2.24, 2.45) is 17.3 Å². The van der Waals surface area contributed by atoms with Gasteiger partial charge in [0.1, 0.15) is 6.10 Å². The maximum Gasteiger partial charge on any atom is 0.426 e. The molecule has 1 aliphatic carbocycles. The first-order valence-electron chi connectivity index (χ1n) is 10.0. The SMILES string of the molecule is CCC(C)(C(=O)OC1CC(C(O)(C(F)(F)F)C(F)(F)F)CC(C(O)(C(F)(F)F)C(F)(F)F)C1)C(F)(F)F. The molecule has 19 heteroatoms. The molecule has 220 valence electrons. The summed E-state index contributed by atoms with van der Waals surface area (Å²) in [7, 11) is 0. The molecule has 2 N–H and O–H groups in total. The lowest BCUT2D eigenvalue weighted by atomic mass is 9.65. The first-order chi connectivity index (χ1) is 16.0. The number of hydrogen-bond acceptors (Lipinski definition) is 4. The van der Waals surface area contributed by atoms with Gasteiger partial charge in [0.05, 0.1) is 0 Å². The van der Waals surface area contributed by atoms with E-state index in [4.69, 9.17) is 0 Å². The molecule has 1 fully saturated rings. The molecule has 0 heterocycles. The Morgan fingerprint density at radius 2 is 0.946 bits per heavy atom. The van der Waals surface area contributed by atoms with Crippen molar-refractivity contribution in [3.05, 3.63) is 0 Å². The topological polar surface area (TPSA) is 66.8 Å². The monoisotopic (exact) mass is 584 g/mol. The van der Waals surface area contributed by atoms with E-state index in [2.05, 4.69) is 4.74 Å². The summed E-state index contributed by atoms with van der Waals surface area (Å²) in [5, 5.41) is 19.1. The van der Waals surface area contributed by atoms with Gasteiger partial charge in [-0.15, -0.1) is 0 Å². The highest BCUT2D eigenvalue weighted by atomic mass is 19.4. The van der Waals surface area contributed by atoms with E-state index in [1.54, 1.807) is 0 Å². The molecule has 37 heavy (non-hydrogen) atoms. The van der Waals surface area contributed by atoms with Crippen LogP contribution < -0.4 is 0 Å². The van der Waals surface area contributed by atoms with E-state index < -0.39 is 97.1 Å². The third-order valence-corrected chi connectivity index (χ3v) is 6.63. The highest BCUT2D eigenvalue weighted by molar-refractivity contribution is 5.77. The Morgan fingerprint density at radius 3 is 1.16 bits per heavy atom. The van der Waals surface area contributed by atoms with E-state index in [1.165, 1.54) is 0 Å². The Labute approximate surface area is 197 Å². The predicted molar refractivity (Wildman–Crippen MR) is 89.3 cm³/mol. The van der Waals surface area contributed by atoms with E-state index in [0.29, 0.717) is 0 Å². The zero-order valence-electron chi connectivity index (χ0n) is 18.4. The Kier molecular flexibility index (Phi) is 8.58. The van der Waals surface area contributed by atoms with Crippen LogP contribution in [0.25, 0.3) is 0 Å². The van der Waals surface area contributed by atoms with Crippen LogP contribution in [0.2, 0.25) is 0 Å². The molecule has 0 saturated heterocycles. The number of hydrogen-bond donors (Lipinski definition) is 2. The molecular formula is C18H19F15O4. The second-order valence-electron chi connectivity index (χ2n) is 8.84. The van der Waals surface area contributed by atoms with Gasteiger partial charge in [-0.05, 0) is 32.6 Å². The van der Waals surface area contributed by atoms with Gasteiger partial charge < -0.3 is 14.9 Å². The van der Waals surface area contributed by atoms with Crippen molar-refractivity contribution < 1.29 is 85.6 Å². The number of carbonyl (C=O) groups excluding carboxylic acids is 1. The average molecular weight is 584 g/mol. The maximum atomic E-state index is 13.3. The lowest BCUT2D eigenvalue weighted by Crippen LogP contribution is -2.67. The molecule has 0 spiro atoms. The highest BCUT2D eigenvalue weighted by Gasteiger charge is 2.78. The Hall–Kier alpha value is -1.66.